The lowest BCUT2D eigenvalue weighted by atomic mass is 10.2. The van der Waals surface area contributed by atoms with Crippen LogP contribution in [0.1, 0.15) is 10.4 Å². The molecule has 1 aromatic carbocycles. The van der Waals surface area contributed by atoms with Gasteiger partial charge in [-0.2, -0.15) is 0 Å². The van der Waals surface area contributed by atoms with Gasteiger partial charge in [-0.1, -0.05) is 18.2 Å². The van der Waals surface area contributed by atoms with Crippen LogP contribution in [-0.4, -0.2) is 11.4 Å². The highest BCUT2D eigenvalue weighted by Crippen LogP contribution is 2.07. The van der Waals surface area contributed by atoms with Gasteiger partial charge >= 0.3 is 0 Å². The summed E-state index contributed by atoms with van der Waals surface area (Å²) >= 11 is 0. The number of carbonyl (C=O) groups is 1. The van der Waals surface area contributed by atoms with Gasteiger partial charge in [0.25, 0.3) is 0 Å². The van der Waals surface area contributed by atoms with E-state index in [2.05, 4.69) is 0 Å². The van der Waals surface area contributed by atoms with Crippen LogP contribution in [0.25, 0.3) is 0 Å². The highest BCUT2D eigenvalue weighted by atomic mass is 16.4. The van der Waals surface area contributed by atoms with Crippen molar-refractivity contribution < 1.29 is 15.4 Å². The van der Waals surface area contributed by atoms with Crippen LogP contribution >= 0.6 is 0 Å². The molecule has 0 saturated heterocycles. The van der Waals surface area contributed by atoms with E-state index in [0.717, 1.165) is 0 Å². The first-order valence-electron chi connectivity index (χ1n) is 2.77. The lowest BCUT2D eigenvalue weighted by Gasteiger charge is -2.03. The fourth-order valence-electron chi connectivity index (χ4n) is 0.683. The summed E-state index contributed by atoms with van der Waals surface area (Å²) in [5.41, 5.74) is 5.58. The van der Waals surface area contributed by atoms with Gasteiger partial charge in [-0.3, -0.25) is 0 Å². The van der Waals surface area contributed by atoms with Crippen LogP contribution in [0.3, 0.4) is 0 Å². The molecule has 0 aliphatic heterocycles. The smallest absolute Gasteiger partial charge is 0.0735 e. The first-order valence-corrected chi connectivity index (χ1v) is 2.77. The minimum atomic E-state index is -1.24. The molecule has 4 nitrogen and oxygen atoms in total. The number of nitrogen functional groups attached to an aromatic ring is 1. The molecule has 0 aliphatic carbocycles. The van der Waals surface area contributed by atoms with E-state index >= 15 is 0 Å². The van der Waals surface area contributed by atoms with Crippen molar-refractivity contribution in [1.82, 2.24) is 0 Å². The average Bonchev–Trinajstić information content (AvgIpc) is 1.88. The molecule has 4 N–H and O–H groups in total. The number of aromatic carboxylic acids is 1. The van der Waals surface area contributed by atoms with Gasteiger partial charge in [0.15, 0.2) is 0 Å². The van der Waals surface area contributed by atoms with Crippen LogP contribution in [0.15, 0.2) is 24.3 Å². The number of hydrogen-bond donors (Lipinski definition) is 1. The minimum Gasteiger partial charge on any atom is -0.545 e. The Bertz CT molecular complexity index is 260. The van der Waals surface area contributed by atoms with E-state index in [1.165, 1.54) is 12.1 Å². The first kappa shape index (κ1) is 9.45. The van der Waals surface area contributed by atoms with Crippen molar-refractivity contribution in [3.05, 3.63) is 29.8 Å². The maximum Gasteiger partial charge on any atom is 0.0735 e. The number of hydrogen-bond acceptors (Lipinski definition) is 3. The standard InChI is InChI=1S/C7H7NO2.H2O/c8-6-4-2-1-3-5(6)7(9)10;/h1-4H,8H2,(H,9,10);1H2/p-1. The summed E-state index contributed by atoms with van der Waals surface area (Å²) in [6, 6.07) is 6.19. The van der Waals surface area contributed by atoms with Crippen LogP contribution in [0, 0.1) is 0 Å². The Hall–Kier alpha value is -1.55. The Labute approximate surface area is 63.6 Å². The third kappa shape index (κ3) is 1.94. The molecule has 0 amide bonds. The molecule has 11 heavy (non-hydrogen) atoms. The van der Waals surface area contributed by atoms with Gasteiger partial charge in [-0.25, -0.2) is 0 Å². The largest absolute Gasteiger partial charge is 0.545 e. The summed E-state index contributed by atoms with van der Waals surface area (Å²) in [4.78, 5) is 10.2. The summed E-state index contributed by atoms with van der Waals surface area (Å²) in [6.45, 7) is 0. The van der Waals surface area contributed by atoms with Crippen molar-refractivity contribution in [1.29, 1.82) is 0 Å². The molecule has 0 radical (unpaired) electrons. The predicted molar refractivity (Wildman–Crippen MR) is 38.8 cm³/mol. The number of nitrogens with two attached hydrogens (primary N) is 1. The van der Waals surface area contributed by atoms with E-state index in [9.17, 15) is 9.90 Å². The second-order valence-corrected chi connectivity index (χ2v) is 1.87. The molecule has 0 unspecified atom stereocenters. The summed E-state index contributed by atoms with van der Waals surface area (Å²) in [7, 11) is 0. The number of para-hydroxylation sites is 1. The van der Waals surface area contributed by atoms with Crippen molar-refractivity contribution in [2.45, 2.75) is 0 Å². The molecule has 0 saturated carbocycles. The molecular formula is C7H8NO3-. The molecule has 0 atom stereocenters. The van der Waals surface area contributed by atoms with Gasteiger partial charge in [-0.05, 0) is 6.07 Å². The number of anilines is 1. The van der Waals surface area contributed by atoms with Gasteiger partial charge in [0.05, 0.1) is 5.97 Å². The molecular weight excluding hydrogens is 146 g/mol. The second kappa shape index (κ2) is 3.58. The van der Waals surface area contributed by atoms with Crippen LogP contribution in [0.5, 0.6) is 0 Å². The quantitative estimate of drug-likeness (QED) is 0.515. The van der Waals surface area contributed by atoms with Gasteiger partial charge in [0.1, 0.15) is 0 Å². The fourth-order valence-corrected chi connectivity index (χ4v) is 0.683. The monoisotopic (exact) mass is 154 g/mol. The summed E-state index contributed by atoms with van der Waals surface area (Å²) < 4.78 is 0. The van der Waals surface area contributed by atoms with Crippen molar-refractivity contribution in [2.24, 2.45) is 0 Å². The maximum absolute atomic E-state index is 10.2. The molecule has 1 rings (SSSR count). The molecule has 0 aliphatic rings. The molecule has 4 heteroatoms. The average molecular weight is 154 g/mol. The van der Waals surface area contributed by atoms with E-state index in [4.69, 9.17) is 5.73 Å². The third-order valence-electron chi connectivity index (χ3n) is 1.18. The molecule has 60 valence electrons. The topological polar surface area (TPSA) is 97.7 Å². The Morgan fingerprint density at radius 3 is 2.27 bits per heavy atom. The van der Waals surface area contributed by atoms with Gasteiger partial charge < -0.3 is 21.1 Å². The number of rotatable bonds is 1. The van der Waals surface area contributed by atoms with Crippen molar-refractivity contribution in [2.75, 3.05) is 5.73 Å². The van der Waals surface area contributed by atoms with Crippen molar-refractivity contribution in [3.63, 3.8) is 0 Å². The number of carbonyl (C=O) groups excluding carboxylic acids is 1. The zero-order chi connectivity index (χ0) is 7.56. The molecule has 0 heterocycles. The van der Waals surface area contributed by atoms with Gasteiger partial charge in [-0.15, -0.1) is 0 Å². The van der Waals surface area contributed by atoms with Gasteiger partial charge in [0, 0.05) is 11.3 Å². The van der Waals surface area contributed by atoms with Crippen molar-refractivity contribution in [3.8, 4) is 0 Å². The van der Waals surface area contributed by atoms with E-state index in [1.807, 2.05) is 0 Å². The molecule has 0 bridgehead atoms. The van der Waals surface area contributed by atoms with Gasteiger partial charge in [0.2, 0.25) is 0 Å². The van der Waals surface area contributed by atoms with Crippen LogP contribution < -0.4 is 10.8 Å². The molecule has 1 aromatic rings. The highest BCUT2D eigenvalue weighted by Gasteiger charge is 1.95. The summed E-state index contributed by atoms with van der Waals surface area (Å²) in [5, 5.41) is 10.2. The third-order valence-corrected chi connectivity index (χ3v) is 1.18. The normalized spacial score (nSPS) is 8.36. The Morgan fingerprint density at radius 2 is 1.91 bits per heavy atom. The van der Waals surface area contributed by atoms with Crippen LogP contribution in [-0.2, 0) is 0 Å². The zero-order valence-corrected chi connectivity index (χ0v) is 5.70. The minimum absolute atomic E-state index is 0. The molecule has 0 fully saturated rings. The lowest BCUT2D eigenvalue weighted by molar-refractivity contribution is -0.254. The van der Waals surface area contributed by atoms with E-state index < -0.39 is 5.97 Å². The number of carboxylic acid groups (broad SMARTS) is 1. The Kier molecular flexibility index (Phi) is 3.07. The first-order chi connectivity index (χ1) is 4.72. The maximum atomic E-state index is 10.2. The fraction of sp³-hybridized carbons (Fsp3) is 0. The number of carboxylic acids is 1. The Morgan fingerprint density at radius 1 is 1.36 bits per heavy atom. The summed E-state index contributed by atoms with van der Waals surface area (Å²) in [5.74, 6) is -1.24. The Balaban J connectivity index is 0.000001000. The van der Waals surface area contributed by atoms with Crippen LogP contribution in [0.4, 0.5) is 5.69 Å². The zero-order valence-electron chi connectivity index (χ0n) is 5.70. The molecule has 0 aromatic heterocycles. The lowest BCUT2D eigenvalue weighted by Crippen LogP contribution is -2.23. The van der Waals surface area contributed by atoms with Crippen LogP contribution in [0.2, 0.25) is 0 Å². The van der Waals surface area contributed by atoms with E-state index in [1.54, 1.807) is 12.1 Å². The van der Waals surface area contributed by atoms with E-state index in [0.29, 0.717) is 0 Å². The van der Waals surface area contributed by atoms with Crippen molar-refractivity contribution >= 4 is 11.7 Å². The summed E-state index contributed by atoms with van der Waals surface area (Å²) in [6.07, 6.45) is 0. The highest BCUT2D eigenvalue weighted by molar-refractivity contribution is 5.91. The second-order valence-electron chi connectivity index (χ2n) is 1.87. The number of benzene rings is 1. The van der Waals surface area contributed by atoms with E-state index in [-0.39, 0.29) is 16.7 Å². The SMILES string of the molecule is Nc1ccccc1C(=O)[O-].O. The predicted octanol–water partition coefficient (Wildman–Crippen LogP) is -1.19. The molecule has 0 spiro atoms.